The summed E-state index contributed by atoms with van der Waals surface area (Å²) in [6.45, 7) is 8.82. The Morgan fingerprint density at radius 1 is 0.933 bits per heavy atom. The predicted molar refractivity (Wildman–Crippen MR) is 60.5 cm³/mol. The number of aliphatic hydroxyl groups excluding tert-OH is 4. The smallest absolute Gasteiger partial charge is 0.0819 e. The van der Waals surface area contributed by atoms with Crippen molar-refractivity contribution in [1.82, 2.24) is 0 Å². The van der Waals surface area contributed by atoms with Crippen molar-refractivity contribution in [2.75, 3.05) is 6.61 Å². The molecule has 0 fully saturated rings. The molecule has 0 aliphatic carbocycles. The lowest BCUT2D eigenvalue weighted by Crippen LogP contribution is -2.29. The van der Waals surface area contributed by atoms with Crippen LogP contribution in [0.1, 0.15) is 41.0 Å². The van der Waals surface area contributed by atoms with Crippen molar-refractivity contribution in [2.45, 2.75) is 59.4 Å². The minimum absolute atomic E-state index is 0.149. The van der Waals surface area contributed by atoms with Crippen LogP contribution in [0.2, 0.25) is 0 Å². The maximum absolute atomic E-state index is 8.94. The minimum Gasteiger partial charge on any atom is -0.394 e. The van der Waals surface area contributed by atoms with E-state index in [1.807, 2.05) is 20.8 Å². The lowest BCUT2D eigenvalue weighted by Gasteiger charge is -2.23. The van der Waals surface area contributed by atoms with E-state index in [0.29, 0.717) is 6.42 Å². The first-order valence-corrected chi connectivity index (χ1v) is 5.26. The second-order valence-corrected chi connectivity index (χ2v) is 5.00. The zero-order chi connectivity index (χ0) is 12.6. The molecule has 0 spiro atoms. The van der Waals surface area contributed by atoms with Gasteiger partial charge in [-0.3, -0.25) is 0 Å². The molecule has 4 nitrogen and oxygen atoms in total. The third-order valence-corrected chi connectivity index (χ3v) is 1.85. The first-order valence-electron chi connectivity index (χ1n) is 5.26. The van der Waals surface area contributed by atoms with Crippen molar-refractivity contribution < 1.29 is 20.4 Å². The van der Waals surface area contributed by atoms with Crippen LogP contribution in [0.3, 0.4) is 0 Å². The summed E-state index contributed by atoms with van der Waals surface area (Å²) in [6, 6.07) is 0. The molecule has 0 aliphatic heterocycles. The Labute approximate surface area is 92.6 Å². The van der Waals surface area contributed by atoms with Crippen LogP contribution in [0.25, 0.3) is 0 Å². The van der Waals surface area contributed by atoms with Gasteiger partial charge in [0.2, 0.25) is 0 Å². The van der Waals surface area contributed by atoms with E-state index in [9.17, 15) is 0 Å². The SMILES string of the molecule is CC(C)(C)C(O)CO.CC(O)CC(C)O. The monoisotopic (exact) mass is 222 g/mol. The van der Waals surface area contributed by atoms with Gasteiger partial charge < -0.3 is 20.4 Å². The van der Waals surface area contributed by atoms with Gasteiger partial charge in [-0.15, -0.1) is 0 Å². The summed E-state index contributed by atoms with van der Waals surface area (Å²) in [4.78, 5) is 0. The fourth-order valence-corrected chi connectivity index (χ4v) is 0.768. The Hall–Kier alpha value is -0.160. The molecule has 0 aliphatic rings. The molecule has 0 aromatic carbocycles. The maximum Gasteiger partial charge on any atom is 0.0819 e. The molecular formula is C11H26O4. The highest BCUT2D eigenvalue weighted by Gasteiger charge is 2.20. The van der Waals surface area contributed by atoms with Gasteiger partial charge in [-0.1, -0.05) is 20.8 Å². The summed E-state index contributed by atoms with van der Waals surface area (Å²) in [7, 11) is 0. The van der Waals surface area contributed by atoms with Gasteiger partial charge in [-0.2, -0.15) is 0 Å². The molecule has 4 heteroatoms. The van der Waals surface area contributed by atoms with E-state index >= 15 is 0 Å². The largest absolute Gasteiger partial charge is 0.394 e. The molecular weight excluding hydrogens is 196 g/mol. The Morgan fingerprint density at radius 2 is 1.27 bits per heavy atom. The number of hydrogen-bond acceptors (Lipinski definition) is 4. The zero-order valence-electron chi connectivity index (χ0n) is 10.4. The van der Waals surface area contributed by atoms with Gasteiger partial charge in [0.15, 0.2) is 0 Å². The van der Waals surface area contributed by atoms with E-state index < -0.39 is 6.10 Å². The van der Waals surface area contributed by atoms with E-state index in [-0.39, 0.29) is 24.2 Å². The summed E-state index contributed by atoms with van der Waals surface area (Å²) in [5.41, 5.74) is -0.186. The third kappa shape index (κ3) is 13.8. The van der Waals surface area contributed by atoms with Crippen LogP contribution in [-0.4, -0.2) is 45.3 Å². The van der Waals surface area contributed by atoms with Crippen LogP contribution in [0, 0.1) is 5.41 Å². The molecule has 0 aromatic rings. The molecule has 94 valence electrons. The average molecular weight is 222 g/mol. The van der Waals surface area contributed by atoms with Crippen molar-refractivity contribution in [3.05, 3.63) is 0 Å². The zero-order valence-corrected chi connectivity index (χ0v) is 10.4. The summed E-state index contributed by atoms with van der Waals surface area (Å²) in [6.07, 6.45) is -0.873. The highest BCUT2D eigenvalue weighted by molar-refractivity contribution is 4.70. The van der Waals surface area contributed by atoms with Crippen LogP contribution in [0.15, 0.2) is 0 Å². The van der Waals surface area contributed by atoms with Gasteiger partial charge in [0.25, 0.3) is 0 Å². The highest BCUT2D eigenvalue weighted by Crippen LogP contribution is 2.17. The highest BCUT2D eigenvalue weighted by atomic mass is 16.3. The molecule has 0 aromatic heterocycles. The first kappa shape index (κ1) is 17.2. The average Bonchev–Trinajstić information content (AvgIpc) is 1.99. The van der Waals surface area contributed by atoms with Crippen LogP contribution in [0.5, 0.6) is 0 Å². The molecule has 0 saturated carbocycles. The van der Waals surface area contributed by atoms with Gasteiger partial charge in [0, 0.05) is 0 Å². The topological polar surface area (TPSA) is 80.9 Å². The molecule has 15 heavy (non-hydrogen) atoms. The van der Waals surface area contributed by atoms with Gasteiger partial charge in [0.05, 0.1) is 24.9 Å². The van der Waals surface area contributed by atoms with Crippen molar-refractivity contribution >= 4 is 0 Å². The Balaban J connectivity index is 0. The quantitative estimate of drug-likeness (QED) is 0.561. The fraction of sp³-hybridized carbons (Fsp3) is 1.00. The third-order valence-electron chi connectivity index (χ3n) is 1.85. The van der Waals surface area contributed by atoms with E-state index in [2.05, 4.69) is 0 Å². The fourth-order valence-electron chi connectivity index (χ4n) is 0.768. The van der Waals surface area contributed by atoms with Crippen molar-refractivity contribution in [2.24, 2.45) is 5.41 Å². The molecule has 0 bridgehead atoms. The standard InChI is InChI=1S/C6H14O2.C5H12O2/c1-6(2,3)5(8)4-7;1-4(6)3-5(2)7/h5,7-8H,4H2,1-3H3;4-7H,3H2,1-2H3. The van der Waals surface area contributed by atoms with Gasteiger partial charge >= 0.3 is 0 Å². The van der Waals surface area contributed by atoms with Crippen LogP contribution >= 0.6 is 0 Å². The molecule has 0 heterocycles. The van der Waals surface area contributed by atoms with E-state index in [0.717, 1.165) is 0 Å². The summed E-state index contributed by atoms with van der Waals surface area (Å²) in [5.74, 6) is 0. The van der Waals surface area contributed by atoms with Crippen molar-refractivity contribution in [3.63, 3.8) is 0 Å². The van der Waals surface area contributed by atoms with Gasteiger partial charge in [0.1, 0.15) is 0 Å². The molecule has 3 unspecified atom stereocenters. The van der Waals surface area contributed by atoms with E-state index in [1.165, 1.54) is 0 Å². The van der Waals surface area contributed by atoms with Crippen molar-refractivity contribution in [1.29, 1.82) is 0 Å². The molecule has 0 rings (SSSR count). The van der Waals surface area contributed by atoms with E-state index in [4.69, 9.17) is 20.4 Å². The van der Waals surface area contributed by atoms with Crippen LogP contribution in [0.4, 0.5) is 0 Å². The lowest BCUT2D eigenvalue weighted by atomic mass is 9.90. The molecule has 3 atom stereocenters. The maximum atomic E-state index is 8.94. The molecule has 4 N–H and O–H groups in total. The van der Waals surface area contributed by atoms with Crippen LogP contribution < -0.4 is 0 Å². The lowest BCUT2D eigenvalue weighted by molar-refractivity contribution is 0.0133. The second-order valence-electron chi connectivity index (χ2n) is 5.00. The van der Waals surface area contributed by atoms with Gasteiger partial charge in [-0.05, 0) is 25.7 Å². The number of rotatable bonds is 3. The summed E-state index contributed by atoms with van der Waals surface area (Å²) < 4.78 is 0. The first-order chi connectivity index (χ1) is 6.61. The van der Waals surface area contributed by atoms with E-state index in [1.54, 1.807) is 13.8 Å². The van der Waals surface area contributed by atoms with Crippen molar-refractivity contribution in [3.8, 4) is 0 Å². The molecule has 0 radical (unpaired) electrons. The normalized spacial score (nSPS) is 17.4. The number of hydrogen-bond donors (Lipinski definition) is 4. The second kappa shape index (κ2) is 8.05. The Kier molecular flexibility index (Phi) is 9.25. The van der Waals surface area contributed by atoms with Crippen LogP contribution in [-0.2, 0) is 0 Å². The summed E-state index contributed by atoms with van der Waals surface area (Å²) >= 11 is 0. The Bertz CT molecular complexity index is 132. The van der Waals surface area contributed by atoms with Gasteiger partial charge in [-0.25, -0.2) is 0 Å². The Morgan fingerprint density at radius 3 is 1.27 bits per heavy atom. The predicted octanol–water partition coefficient (Wildman–Crippen LogP) is 0.524. The molecule has 0 saturated heterocycles. The minimum atomic E-state index is -0.595. The summed E-state index contributed by atoms with van der Waals surface area (Å²) in [5, 5.41) is 34.5. The molecule has 0 amide bonds. The number of aliphatic hydroxyl groups is 4.